The van der Waals surface area contributed by atoms with Crippen molar-refractivity contribution in [3.63, 3.8) is 0 Å². The Morgan fingerprint density at radius 3 is 2.59 bits per heavy atom. The van der Waals surface area contributed by atoms with Crippen molar-refractivity contribution in [3.8, 4) is 5.75 Å². The Bertz CT molecular complexity index is 1920. The highest BCUT2D eigenvalue weighted by Gasteiger charge is 2.35. The number of hydrogen-bond donors (Lipinski definition) is 2. The summed E-state index contributed by atoms with van der Waals surface area (Å²) < 4.78 is 51.5. The highest BCUT2D eigenvalue weighted by molar-refractivity contribution is 7.99. The summed E-state index contributed by atoms with van der Waals surface area (Å²) >= 11 is 6.84. The molecule has 270 valence electrons. The highest BCUT2D eigenvalue weighted by Crippen LogP contribution is 2.38. The fourth-order valence-electron chi connectivity index (χ4n) is 5.75. The number of aliphatic hydroxyl groups is 1. The number of methoxy groups -OCH3 is 1. The number of benzene rings is 2. The summed E-state index contributed by atoms with van der Waals surface area (Å²) in [5, 5.41) is 22.1. The van der Waals surface area contributed by atoms with Crippen molar-refractivity contribution in [1.82, 2.24) is 0 Å². The molecule has 4 rings (SSSR count). The lowest BCUT2D eigenvalue weighted by Crippen LogP contribution is -2.27. The number of unbranched alkanes of at least 4 members (excludes halogenated alkanes) is 2. The molecule has 12 heteroatoms. The number of rotatable bonds is 15. The lowest BCUT2D eigenvalue weighted by Gasteiger charge is -2.23. The van der Waals surface area contributed by atoms with Crippen molar-refractivity contribution in [2.75, 3.05) is 12.9 Å². The van der Waals surface area contributed by atoms with E-state index in [2.05, 4.69) is 0 Å². The molecule has 2 atom stereocenters. The smallest absolute Gasteiger partial charge is 0.416 e. The third-order valence-corrected chi connectivity index (χ3v) is 9.80. The molecule has 7 nitrogen and oxygen atoms in total. The van der Waals surface area contributed by atoms with Gasteiger partial charge in [0.15, 0.2) is 11.2 Å². The van der Waals surface area contributed by atoms with Gasteiger partial charge in [-0.1, -0.05) is 62.0 Å². The second-order valence-corrected chi connectivity index (χ2v) is 13.6. The number of Topliss-reactive ketones (excluding diaryl/α,β-unsaturated/α-hetero) is 1. The molecule has 0 aliphatic heterocycles. The van der Waals surface area contributed by atoms with Crippen LogP contribution in [0.15, 0.2) is 80.9 Å². The molecule has 1 heterocycles. The molecule has 1 unspecified atom stereocenters. The van der Waals surface area contributed by atoms with Crippen LogP contribution in [0, 0.1) is 0 Å². The van der Waals surface area contributed by atoms with Gasteiger partial charge in [-0.25, -0.2) is 4.79 Å². The van der Waals surface area contributed by atoms with Crippen LogP contribution in [0.4, 0.5) is 13.2 Å². The topological polar surface area (TPSA) is 114 Å². The Kier molecular flexibility index (Phi) is 13.8. The van der Waals surface area contributed by atoms with Gasteiger partial charge in [0.05, 0.1) is 35.5 Å². The Labute approximate surface area is 303 Å². The summed E-state index contributed by atoms with van der Waals surface area (Å²) in [6, 6.07) is 7.69. The van der Waals surface area contributed by atoms with Gasteiger partial charge < -0.3 is 19.4 Å². The third-order valence-electron chi connectivity index (χ3n) is 8.34. The largest absolute Gasteiger partial charge is 0.507 e. The number of alkyl halides is 3. The summed E-state index contributed by atoms with van der Waals surface area (Å²) in [5.41, 5.74) is -0.754. The fraction of sp³-hybridized carbons (Fsp3) is 0.333. The predicted molar refractivity (Wildman–Crippen MR) is 196 cm³/mol. The number of thioether (sulfide) groups is 1. The standard InChI is InChI=1S/C39H39F3O7S2/c1-4-12-29-32(19-18-27(23(2)43)35(29)45)51-20-10-8-6-5-7-9-15-30(34(44)24-13-11-14-25(21-24)39(40,41)42)33-36(46)28-17-16-26(50)22-31(28)49-37(33)38(47)48-3/h5,7,9,11,13-19,21,30,34,44-45H,4,6,8,10,12,20,22H2,1-3H3/b7-5-,15-9+/t30?,34-/m1/s1. The van der Waals surface area contributed by atoms with E-state index in [0.717, 1.165) is 60.8 Å². The molecule has 3 aromatic rings. The first-order chi connectivity index (χ1) is 24.3. The minimum absolute atomic E-state index is 0.0491. The number of aromatic hydroxyl groups is 1. The van der Waals surface area contributed by atoms with Crippen LogP contribution in [-0.2, 0) is 23.8 Å². The number of fused-ring (bicyclic) bond motifs is 1. The molecule has 2 aromatic carbocycles. The first-order valence-electron chi connectivity index (χ1n) is 16.4. The number of hydrogen-bond acceptors (Lipinski definition) is 9. The van der Waals surface area contributed by atoms with Gasteiger partial charge in [-0.05, 0) is 80.3 Å². The second-order valence-electron chi connectivity index (χ2n) is 12.0. The van der Waals surface area contributed by atoms with E-state index >= 15 is 0 Å². The molecule has 0 radical (unpaired) electrons. The second kappa shape index (κ2) is 17.8. The minimum atomic E-state index is -4.67. The summed E-state index contributed by atoms with van der Waals surface area (Å²) in [6.45, 7) is 3.44. The van der Waals surface area contributed by atoms with E-state index in [0.29, 0.717) is 23.3 Å². The van der Waals surface area contributed by atoms with Crippen molar-refractivity contribution < 1.29 is 42.1 Å². The Morgan fingerprint density at radius 2 is 1.90 bits per heavy atom. The molecule has 1 aliphatic carbocycles. The maximum Gasteiger partial charge on any atom is 0.416 e. The number of carbonyl (C=O) groups is 2. The number of esters is 1. The Hall–Kier alpha value is -4.26. The molecule has 51 heavy (non-hydrogen) atoms. The monoisotopic (exact) mass is 740 g/mol. The van der Waals surface area contributed by atoms with Gasteiger partial charge in [-0.2, -0.15) is 13.2 Å². The van der Waals surface area contributed by atoms with Gasteiger partial charge in [0.25, 0.3) is 0 Å². The van der Waals surface area contributed by atoms with E-state index < -0.39 is 40.9 Å². The quantitative estimate of drug-likeness (QED) is 0.0393. The first kappa shape index (κ1) is 39.5. The van der Waals surface area contributed by atoms with Gasteiger partial charge >= 0.3 is 12.1 Å². The van der Waals surface area contributed by atoms with Crippen molar-refractivity contribution in [2.45, 2.75) is 75.5 Å². The van der Waals surface area contributed by atoms with E-state index in [-0.39, 0.29) is 40.4 Å². The third kappa shape index (κ3) is 9.75. The Balaban J connectivity index is 1.55. The van der Waals surface area contributed by atoms with Crippen LogP contribution in [0.2, 0.25) is 0 Å². The van der Waals surface area contributed by atoms with E-state index in [9.17, 15) is 37.8 Å². The molecule has 0 fully saturated rings. The number of phenolic OH excluding ortho intramolecular Hbond substituents is 1. The zero-order valence-electron chi connectivity index (χ0n) is 28.4. The molecular formula is C39H39F3O7S2. The number of phenols is 1. The summed E-state index contributed by atoms with van der Waals surface area (Å²) in [5.74, 6) is -1.95. The van der Waals surface area contributed by atoms with Gasteiger partial charge in [-0.3, -0.25) is 9.59 Å². The molecule has 0 spiro atoms. The van der Waals surface area contributed by atoms with E-state index in [1.165, 1.54) is 25.1 Å². The molecule has 0 amide bonds. The summed E-state index contributed by atoms with van der Waals surface area (Å²) in [6.07, 6.45) is 7.21. The zero-order valence-corrected chi connectivity index (χ0v) is 30.1. The summed E-state index contributed by atoms with van der Waals surface area (Å²) in [7, 11) is 1.10. The highest BCUT2D eigenvalue weighted by atomic mass is 32.2. The zero-order chi connectivity index (χ0) is 37.3. The average molecular weight is 741 g/mol. The number of aliphatic hydroxyl groups excluding tert-OH is 1. The van der Waals surface area contributed by atoms with Crippen LogP contribution in [-0.4, -0.2) is 39.7 Å². The van der Waals surface area contributed by atoms with E-state index in [1.807, 2.05) is 19.1 Å². The van der Waals surface area contributed by atoms with Crippen LogP contribution in [0.3, 0.4) is 0 Å². The molecule has 0 bridgehead atoms. The molecule has 0 saturated carbocycles. The van der Waals surface area contributed by atoms with Crippen LogP contribution in [0.1, 0.15) is 106 Å². The number of carbonyl (C=O) groups excluding carboxylic acids is 2. The number of allylic oxidation sites excluding steroid dienone is 4. The van der Waals surface area contributed by atoms with Crippen LogP contribution in [0.25, 0.3) is 6.08 Å². The number of ether oxygens (including phenoxy) is 1. The number of thiocarbonyl (C=S) groups is 1. The summed E-state index contributed by atoms with van der Waals surface area (Å²) in [4.78, 5) is 40.1. The van der Waals surface area contributed by atoms with Crippen molar-refractivity contribution in [2.24, 2.45) is 0 Å². The molecule has 1 aromatic heterocycles. The average Bonchev–Trinajstić information content (AvgIpc) is 3.09. The van der Waals surface area contributed by atoms with Crippen molar-refractivity contribution >= 4 is 46.7 Å². The lowest BCUT2D eigenvalue weighted by molar-refractivity contribution is -0.137. The van der Waals surface area contributed by atoms with E-state index in [1.54, 1.807) is 36.1 Å². The SMILES string of the molecule is CCCc1c(SCCCC/C=C\C=C\C(c2c(C(=O)OC)oc3c(c2=O)C=CC(=S)C3)[C@H](O)c2cccc(C(F)(F)F)c2)ccc(C(C)=O)c1O. The van der Waals surface area contributed by atoms with E-state index in [4.69, 9.17) is 21.4 Å². The number of halogens is 3. The fourth-order valence-corrected chi connectivity index (χ4v) is 7.05. The number of ketones is 1. The Morgan fingerprint density at radius 1 is 1.14 bits per heavy atom. The maximum atomic E-state index is 13.9. The van der Waals surface area contributed by atoms with Crippen LogP contribution < -0.4 is 5.43 Å². The minimum Gasteiger partial charge on any atom is -0.507 e. The van der Waals surface area contributed by atoms with Crippen molar-refractivity contribution in [3.05, 3.63) is 122 Å². The van der Waals surface area contributed by atoms with Crippen LogP contribution in [0.5, 0.6) is 5.75 Å². The first-order valence-corrected chi connectivity index (χ1v) is 17.8. The molecule has 0 saturated heterocycles. The van der Waals surface area contributed by atoms with Gasteiger partial charge in [0.2, 0.25) is 5.76 Å². The van der Waals surface area contributed by atoms with Crippen LogP contribution >= 0.6 is 24.0 Å². The predicted octanol–water partition coefficient (Wildman–Crippen LogP) is 9.14. The normalized spacial score (nSPS) is 14.2. The van der Waals surface area contributed by atoms with Gasteiger partial charge in [-0.15, -0.1) is 11.8 Å². The maximum absolute atomic E-state index is 13.9. The molecule has 1 aliphatic rings. The van der Waals surface area contributed by atoms with Crippen molar-refractivity contribution in [1.29, 1.82) is 0 Å². The van der Waals surface area contributed by atoms with Gasteiger partial charge in [0.1, 0.15) is 11.5 Å². The lowest BCUT2D eigenvalue weighted by atomic mass is 9.85. The van der Waals surface area contributed by atoms with Gasteiger partial charge in [0, 0.05) is 27.7 Å². The molecule has 2 N–H and O–H groups in total. The molecular weight excluding hydrogens is 702 g/mol.